The quantitative estimate of drug-likeness (QED) is 0.814. The molecule has 2 bridgehead atoms. The Morgan fingerprint density at radius 3 is 2.69 bits per heavy atom. The van der Waals surface area contributed by atoms with Crippen LogP contribution in [-0.2, 0) is 4.79 Å². The summed E-state index contributed by atoms with van der Waals surface area (Å²) in [5.74, 6) is -0.748. The Morgan fingerprint density at radius 1 is 1.07 bits per heavy atom. The number of carbonyl (C=O) groups excluding carboxylic acids is 2. The fraction of sp³-hybridized carbons (Fsp3) is 0.364. The zero-order valence-electron chi connectivity index (χ0n) is 16.1. The summed E-state index contributed by atoms with van der Waals surface area (Å²) >= 11 is 0. The van der Waals surface area contributed by atoms with Crippen LogP contribution in [0.1, 0.15) is 29.6 Å². The Kier molecular flexibility index (Phi) is 5.76. The summed E-state index contributed by atoms with van der Waals surface area (Å²) in [7, 11) is 0. The minimum absolute atomic E-state index is 0.0931. The fourth-order valence-corrected chi connectivity index (χ4v) is 3.96. The van der Waals surface area contributed by atoms with E-state index >= 15 is 0 Å². The van der Waals surface area contributed by atoms with Crippen LogP contribution in [0.15, 0.2) is 48.5 Å². The van der Waals surface area contributed by atoms with Crippen LogP contribution in [0.3, 0.4) is 0 Å². The van der Waals surface area contributed by atoms with Gasteiger partial charge in [-0.05, 0) is 43.5 Å². The number of rotatable bonds is 5. The largest absolute Gasteiger partial charge is 0.483 e. The SMILES string of the molecule is O=C(COc1ccccc1C(=O)N1CCC2CCC(C1)N2)Nc1ccccc1F. The van der Waals surface area contributed by atoms with Gasteiger partial charge in [-0.2, -0.15) is 0 Å². The lowest BCUT2D eigenvalue weighted by Gasteiger charge is -2.25. The van der Waals surface area contributed by atoms with Gasteiger partial charge in [0.25, 0.3) is 11.8 Å². The van der Waals surface area contributed by atoms with Crippen molar-refractivity contribution in [1.82, 2.24) is 10.2 Å². The summed E-state index contributed by atoms with van der Waals surface area (Å²) in [6.07, 6.45) is 3.20. The number of carbonyl (C=O) groups is 2. The smallest absolute Gasteiger partial charge is 0.262 e. The Balaban J connectivity index is 1.41. The van der Waals surface area contributed by atoms with E-state index in [-0.39, 0.29) is 18.2 Å². The Hall–Kier alpha value is -2.93. The van der Waals surface area contributed by atoms with E-state index in [1.807, 2.05) is 4.90 Å². The van der Waals surface area contributed by atoms with Gasteiger partial charge in [0.1, 0.15) is 11.6 Å². The molecule has 2 amide bonds. The molecule has 2 heterocycles. The molecule has 2 fully saturated rings. The number of halogens is 1. The number of para-hydroxylation sites is 2. The number of ether oxygens (including phenoxy) is 1. The molecule has 0 aromatic heterocycles. The highest BCUT2D eigenvalue weighted by atomic mass is 19.1. The topological polar surface area (TPSA) is 70.7 Å². The molecule has 2 aromatic carbocycles. The number of benzene rings is 2. The maximum Gasteiger partial charge on any atom is 0.262 e. The second-order valence-electron chi connectivity index (χ2n) is 7.49. The molecule has 29 heavy (non-hydrogen) atoms. The molecule has 152 valence electrons. The van der Waals surface area contributed by atoms with Crippen LogP contribution in [0.5, 0.6) is 5.75 Å². The van der Waals surface area contributed by atoms with Crippen molar-refractivity contribution in [2.45, 2.75) is 31.3 Å². The van der Waals surface area contributed by atoms with Crippen molar-refractivity contribution in [3.63, 3.8) is 0 Å². The maximum absolute atomic E-state index is 13.7. The van der Waals surface area contributed by atoms with Crippen LogP contribution >= 0.6 is 0 Å². The molecule has 2 atom stereocenters. The van der Waals surface area contributed by atoms with Gasteiger partial charge in [0.2, 0.25) is 0 Å². The summed E-state index contributed by atoms with van der Waals surface area (Å²) in [6, 6.07) is 13.7. The third-order valence-corrected chi connectivity index (χ3v) is 5.43. The van der Waals surface area contributed by atoms with Crippen molar-refractivity contribution in [3.05, 3.63) is 59.9 Å². The monoisotopic (exact) mass is 397 g/mol. The summed E-state index contributed by atoms with van der Waals surface area (Å²) in [5, 5.41) is 6.04. The van der Waals surface area contributed by atoms with Crippen molar-refractivity contribution in [3.8, 4) is 5.75 Å². The van der Waals surface area contributed by atoms with Crippen LogP contribution in [0, 0.1) is 5.82 Å². The summed E-state index contributed by atoms with van der Waals surface area (Å²) in [4.78, 5) is 27.1. The molecule has 6 nitrogen and oxygen atoms in total. The summed E-state index contributed by atoms with van der Waals surface area (Å²) in [5.41, 5.74) is 0.529. The first-order chi connectivity index (χ1) is 14.1. The van der Waals surface area contributed by atoms with Gasteiger partial charge >= 0.3 is 0 Å². The van der Waals surface area contributed by atoms with Gasteiger partial charge in [-0.15, -0.1) is 0 Å². The van der Waals surface area contributed by atoms with Crippen LogP contribution in [0.4, 0.5) is 10.1 Å². The predicted octanol–water partition coefficient (Wildman–Crippen LogP) is 2.81. The third-order valence-electron chi connectivity index (χ3n) is 5.43. The molecule has 0 aliphatic carbocycles. The van der Waals surface area contributed by atoms with Gasteiger partial charge in [-0.3, -0.25) is 9.59 Å². The fourth-order valence-electron chi connectivity index (χ4n) is 3.96. The average molecular weight is 397 g/mol. The van der Waals surface area contributed by atoms with Crippen molar-refractivity contribution >= 4 is 17.5 Å². The molecule has 0 spiro atoms. The first-order valence-electron chi connectivity index (χ1n) is 9.91. The number of amides is 2. The number of fused-ring (bicyclic) bond motifs is 2. The zero-order valence-corrected chi connectivity index (χ0v) is 16.1. The molecule has 2 aliphatic heterocycles. The Bertz CT molecular complexity index is 904. The maximum atomic E-state index is 13.7. The van der Waals surface area contributed by atoms with Gasteiger partial charge in [-0.1, -0.05) is 24.3 Å². The summed E-state index contributed by atoms with van der Waals surface area (Å²) < 4.78 is 19.3. The van der Waals surface area contributed by atoms with Crippen molar-refractivity contribution in [2.75, 3.05) is 25.0 Å². The molecule has 2 aliphatic rings. The van der Waals surface area contributed by atoms with E-state index < -0.39 is 11.7 Å². The van der Waals surface area contributed by atoms with E-state index in [1.165, 1.54) is 18.6 Å². The lowest BCUT2D eigenvalue weighted by molar-refractivity contribution is -0.118. The molecule has 2 saturated heterocycles. The van der Waals surface area contributed by atoms with Crippen molar-refractivity contribution in [2.24, 2.45) is 0 Å². The molecule has 0 radical (unpaired) electrons. The average Bonchev–Trinajstić information content (AvgIpc) is 3.06. The highest BCUT2D eigenvalue weighted by molar-refractivity contribution is 5.97. The van der Waals surface area contributed by atoms with Crippen LogP contribution in [0.25, 0.3) is 0 Å². The second-order valence-corrected chi connectivity index (χ2v) is 7.49. The lowest BCUT2D eigenvalue weighted by Crippen LogP contribution is -2.39. The van der Waals surface area contributed by atoms with E-state index in [0.29, 0.717) is 36.5 Å². The molecule has 7 heteroatoms. The van der Waals surface area contributed by atoms with Gasteiger partial charge < -0.3 is 20.3 Å². The van der Waals surface area contributed by atoms with Crippen LogP contribution in [0.2, 0.25) is 0 Å². The van der Waals surface area contributed by atoms with Crippen LogP contribution < -0.4 is 15.4 Å². The number of nitrogens with zero attached hydrogens (tertiary/aromatic N) is 1. The van der Waals surface area contributed by atoms with E-state index in [4.69, 9.17) is 4.74 Å². The van der Waals surface area contributed by atoms with Gasteiger partial charge in [0.05, 0.1) is 11.3 Å². The lowest BCUT2D eigenvalue weighted by atomic mass is 10.1. The van der Waals surface area contributed by atoms with Gasteiger partial charge in [0, 0.05) is 25.2 Å². The normalized spacial score (nSPS) is 20.8. The first-order valence-corrected chi connectivity index (χ1v) is 9.91. The van der Waals surface area contributed by atoms with Crippen molar-refractivity contribution < 1.29 is 18.7 Å². The third kappa shape index (κ3) is 4.56. The molecule has 0 saturated carbocycles. The molecule has 2 aromatic rings. The molecular weight excluding hydrogens is 373 g/mol. The van der Waals surface area contributed by atoms with Gasteiger partial charge in [-0.25, -0.2) is 4.39 Å². The van der Waals surface area contributed by atoms with E-state index in [9.17, 15) is 14.0 Å². The Morgan fingerprint density at radius 2 is 1.83 bits per heavy atom. The van der Waals surface area contributed by atoms with E-state index in [2.05, 4.69) is 10.6 Å². The molecule has 2 unspecified atom stereocenters. The second kappa shape index (κ2) is 8.61. The first kappa shape index (κ1) is 19.4. The number of likely N-dealkylation sites (tertiary alicyclic amines) is 1. The minimum Gasteiger partial charge on any atom is -0.483 e. The van der Waals surface area contributed by atoms with Gasteiger partial charge in [0.15, 0.2) is 6.61 Å². The highest BCUT2D eigenvalue weighted by Gasteiger charge is 2.32. The number of hydrogen-bond donors (Lipinski definition) is 2. The standard InChI is InChI=1S/C22H24FN3O3/c23-18-6-2-3-7-19(18)25-21(27)14-29-20-8-4-1-5-17(20)22(28)26-12-11-15-9-10-16(13-26)24-15/h1-8,15-16,24H,9-14H2,(H,25,27). The number of nitrogens with one attached hydrogen (secondary N) is 2. The van der Waals surface area contributed by atoms with E-state index in [0.717, 1.165) is 12.8 Å². The van der Waals surface area contributed by atoms with Crippen molar-refractivity contribution in [1.29, 1.82) is 0 Å². The highest BCUT2D eigenvalue weighted by Crippen LogP contribution is 2.25. The molecule has 4 rings (SSSR count). The predicted molar refractivity (Wildman–Crippen MR) is 107 cm³/mol. The molecular formula is C22H24FN3O3. The van der Waals surface area contributed by atoms with Crippen LogP contribution in [-0.4, -0.2) is 48.5 Å². The van der Waals surface area contributed by atoms with E-state index in [1.54, 1.807) is 36.4 Å². The number of hydrogen-bond acceptors (Lipinski definition) is 4. The summed E-state index contributed by atoms with van der Waals surface area (Å²) in [6.45, 7) is 1.07. The molecule has 2 N–H and O–H groups in total. The Labute approximate surface area is 169 Å². The minimum atomic E-state index is -0.513. The zero-order chi connectivity index (χ0) is 20.2. The number of anilines is 1.